The van der Waals surface area contributed by atoms with Crippen LogP contribution in [-0.2, 0) is 9.84 Å². The van der Waals surface area contributed by atoms with E-state index in [1.807, 2.05) is 6.92 Å². The monoisotopic (exact) mass is 233 g/mol. The molecule has 15 heavy (non-hydrogen) atoms. The first kappa shape index (κ1) is 13.0. The van der Waals surface area contributed by atoms with Crippen LogP contribution in [0.1, 0.15) is 39.5 Å². The molecule has 0 spiro atoms. The van der Waals surface area contributed by atoms with Crippen LogP contribution in [0.3, 0.4) is 0 Å². The first-order valence-electron chi connectivity index (χ1n) is 5.86. The van der Waals surface area contributed by atoms with E-state index in [9.17, 15) is 8.42 Å². The molecule has 0 heterocycles. The second-order valence-corrected chi connectivity index (χ2v) is 7.05. The molecule has 4 heteroatoms. The lowest BCUT2D eigenvalue weighted by molar-refractivity contribution is 0.366. The molecular formula is C11H23NO2S. The maximum Gasteiger partial charge on any atom is 0.148 e. The summed E-state index contributed by atoms with van der Waals surface area (Å²) in [4.78, 5) is 0. The van der Waals surface area contributed by atoms with E-state index >= 15 is 0 Å². The van der Waals surface area contributed by atoms with Crippen LogP contribution in [-0.4, -0.2) is 32.5 Å². The van der Waals surface area contributed by atoms with Gasteiger partial charge < -0.3 is 5.32 Å². The Bertz CT molecular complexity index is 287. The van der Waals surface area contributed by atoms with Gasteiger partial charge in [-0.25, -0.2) is 8.42 Å². The molecular weight excluding hydrogens is 210 g/mol. The van der Waals surface area contributed by atoms with Gasteiger partial charge in [0.1, 0.15) is 9.84 Å². The van der Waals surface area contributed by atoms with Crippen LogP contribution in [0.4, 0.5) is 0 Å². The second kappa shape index (κ2) is 5.30. The smallest absolute Gasteiger partial charge is 0.148 e. The third-order valence-corrected chi connectivity index (χ3v) is 4.34. The first-order valence-corrected chi connectivity index (χ1v) is 7.92. The Morgan fingerprint density at radius 3 is 2.60 bits per heavy atom. The highest BCUT2D eigenvalue weighted by Crippen LogP contribution is 2.28. The van der Waals surface area contributed by atoms with Gasteiger partial charge in [0, 0.05) is 18.3 Å². The highest BCUT2D eigenvalue weighted by atomic mass is 32.2. The number of sulfone groups is 1. The van der Waals surface area contributed by atoms with Crippen LogP contribution in [0.2, 0.25) is 0 Å². The fourth-order valence-electron chi connectivity index (χ4n) is 2.61. The van der Waals surface area contributed by atoms with Gasteiger partial charge in [0.15, 0.2) is 0 Å². The summed E-state index contributed by atoms with van der Waals surface area (Å²) in [5.74, 6) is 0.993. The van der Waals surface area contributed by atoms with E-state index in [0.717, 1.165) is 5.92 Å². The van der Waals surface area contributed by atoms with Gasteiger partial charge in [-0.15, -0.1) is 0 Å². The van der Waals surface area contributed by atoms with Crippen molar-refractivity contribution >= 4 is 9.84 Å². The number of rotatable bonds is 5. The average molecular weight is 233 g/mol. The molecule has 3 unspecified atom stereocenters. The minimum absolute atomic E-state index is 0.0807. The fourth-order valence-corrected chi connectivity index (χ4v) is 3.62. The Hall–Kier alpha value is -0.0900. The van der Waals surface area contributed by atoms with Crippen LogP contribution >= 0.6 is 0 Å². The Kier molecular flexibility index (Phi) is 4.59. The van der Waals surface area contributed by atoms with Crippen LogP contribution in [0.25, 0.3) is 0 Å². The van der Waals surface area contributed by atoms with Gasteiger partial charge in [0.05, 0.1) is 5.75 Å². The Balaban J connectivity index is 2.40. The Labute approximate surface area is 93.6 Å². The molecule has 1 rings (SSSR count). The van der Waals surface area contributed by atoms with Crippen molar-refractivity contribution in [3.05, 3.63) is 0 Å². The molecule has 90 valence electrons. The van der Waals surface area contributed by atoms with Crippen LogP contribution < -0.4 is 5.32 Å². The predicted molar refractivity (Wildman–Crippen MR) is 63.7 cm³/mol. The third-order valence-electron chi connectivity index (χ3n) is 3.23. The first-order chi connectivity index (χ1) is 6.92. The predicted octanol–water partition coefficient (Wildman–Crippen LogP) is 1.59. The topological polar surface area (TPSA) is 46.2 Å². The van der Waals surface area contributed by atoms with Gasteiger partial charge in [0.25, 0.3) is 0 Å². The highest BCUT2D eigenvalue weighted by Gasteiger charge is 2.27. The highest BCUT2D eigenvalue weighted by molar-refractivity contribution is 7.90. The average Bonchev–Trinajstić information content (AvgIpc) is 2.48. The molecule has 1 aliphatic carbocycles. The lowest BCUT2D eigenvalue weighted by atomic mass is 10.0. The molecule has 1 N–H and O–H groups in total. The maximum atomic E-state index is 11.1. The van der Waals surface area contributed by atoms with E-state index in [4.69, 9.17) is 0 Å². The standard InChI is InChI=1S/C11H23NO2S/c1-4-10-6-5-7-11(10)12-9(2)8-15(3,13)14/h9-12H,4-8H2,1-3H3. The van der Waals surface area contributed by atoms with E-state index in [1.165, 1.54) is 31.9 Å². The third kappa shape index (κ3) is 4.51. The molecule has 1 aliphatic rings. The molecule has 0 aromatic heterocycles. The van der Waals surface area contributed by atoms with Gasteiger partial charge in [-0.2, -0.15) is 0 Å². The van der Waals surface area contributed by atoms with E-state index < -0.39 is 9.84 Å². The molecule has 3 nitrogen and oxygen atoms in total. The zero-order chi connectivity index (χ0) is 11.5. The summed E-state index contributed by atoms with van der Waals surface area (Å²) < 4.78 is 22.3. The van der Waals surface area contributed by atoms with Gasteiger partial charge in [-0.05, 0) is 25.7 Å². The Morgan fingerprint density at radius 2 is 2.07 bits per heavy atom. The van der Waals surface area contributed by atoms with Crippen molar-refractivity contribution in [2.75, 3.05) is 12.0 Å². The Morgan fingerprint density at radius 1 is 1.40 bits per heavy atom. The number of nitrogens with one attached hydrogen (secondary N) is 1. The maximum absolute atomic E-state index is 11.1. The summed E-state index contributed by atoms with van der Waals surface area (Å²) in [6.45, 7) is 4.18. The SMILES string of the molecule is CCC1CCCC1NC(C)CS(C)(=O)=O. The van der Waals surface area contributed by atoms with Crippen molar-refractivity contribution in [3.63, 3.8) is 0 Å². The van der Waals surface area contributed by atoms with Crippen molar-refractivity contribution < 1.29 is 8.42 Å². The lowest BCUT2D eigenvalue weighted by Gasteiger charge is -2.23. The number of hydrogen-bond donors (Lipinski definition) is 1. The normalized spacial score (nSPS) is 29.3. The zero-order valence-electron chi connectivity index (χ0n) is 9.99. The largest absolute Gasteiger partial charge is 0.310 e. The lowest BCUT2D eigenvalue weighted by Crippen LogP contribution is -2.42. The van der Waals surface area contributed by atoms with Crippen molar-refractivity contribution in [2.24, 2.45) is 5.92 Å². The molecule has 1 saturated carbocycles. The van der Waals surface area contributed by atoms with E-state index in [2.05, 4.69) is 12.2 Å². The molecule has 0 aromatic carbocycles. The quantitative estimate of drug-likeness (QED) is 0.784. The molecule has 0 radical (unpaired) electrons. The minimum Gasteiger partial charge on any atom is -0.310 e. The van der Waals surface area contributed by atoms with Crippen molar-refractivity contribution in [3.8, 4) is 0 Å². The summed E-state index contributed by atoms with van der Waals surface area (Å²) in [7, 11) is -2.85. The van der Waals surface area contributed by atoms with Crippen LogP contribution in [0.5, 0.6) is 0 Å². The molecule has 0 aliphatic heterocycles. The summed E-state index contributed by atoms with van der Waals surface area (Å²) in [6, 6.07) is 0.615. The fraction of sp³-hybridized carbons (Fsp3) is 1.00. The van der Waals surface area contributed by atoms with Crippen LogP contribution in [0.15, 0.2) is 0 Å². The molecule has 0 aromatic rings. The van der Waals surface area contributed by atoms with E-state index in [1.54, 1.807) is 0 Å². The van der Waals surface area contributed by atoms with Gasteiger partial charge in [0.2, 0.25) is 0 Å². The van der Waals surface area contributed by atoms with Crippen molar-refractivity contribution in [1.29, 1.82) is 0 Å². The van der Waals surface area contributed by atoms with Gasteiger partial charge in [-0.3, -0.25) is 0 Å². The molecule has 1 fully saturated rings. The molecule has 3 atom stereocenters. The summed E-state index contributed by atoms with van der Waals surface area (Å²) in [6.07, 6.45) is 6.27. The molecule has 0 amide bonds. The minimum atomic E-state index is -2.85. The van der Waals surface area contributed by atoms with E-state index in [-0.39, 0.29) is 11.8 Å². The van der Waals surface area contributed by atoms with Crippen molar-refractivity contribution in [1.82, 2.24) is 5.32 Å². The summed E-state index contributed by atoms with van der Waals surface area (Å²) >= 11 is 0. The summed E-state index contributed by atoms with van der Waals surface area (Å²) in [5.41, 5.74) is 0. The molecule has 0 bridgehead atoms. The summed E-state index contributed by atoms with van der Waals surface area (Å²) in [5, 5.41) is 3.46. The van der Waals surface area contributed by atoms with Gasteiger partial charge >= 0.3 is 0 Å². The van der Waals surface area contributed by atoms with Crippen LogP contribution in [0, 0.1) is 5.92 Å². The van der Waals surface area contributed by atoms with Gasteiger partial charge in [-0.1, -0.05) is 19.8 Å². The number of hydrogen-bond acceptors (Lipinski definition) is 3. The second-order valence-electron chi connectivity index (χ2n) is 4.87. The zero-order valence-corrected chi connectivity index (χ0v) is 10.8. The van der Waals surface area contributed by atoms with Crippen molar-refractivity contribution in [2.45, 2.75) is 51.6 Å². The molecule has 0 saturated heterocycles. The van der Waals surface area contributed by atoms with E-state index in [0.29, 0.717) is 6.04 Å².